The number of cyclic esters (lactones) is 1. The fraction of sp³-hybridized carbons (Fsp3) is 0.684. The van der Waals surface area contributed by atoms with Gasteiger partial charge in [-0.05, 0) is 88.1 Å². The summed E-state index contributed by atoms with van der Waals surface area (Å²) in [5.74, 6) is -5.80. The second-order valence-electron chi connectivity index (χ2n) is 15.3. The van der Waals surface area contributed by atoms with Crippen molar-refractivity contribution in [2.45, 2.75) is 95.9 Å². The minimum atomic E-state index is -1.51. The van der Waals surface area contributed by atoms with Crippen molar-refractivity contribution in [3.05, 3.63) is 47.8 Å². The van der Waals surface area contributed by atoms with Crippen LogP contribution in [0.3, 0.4) is 0 Å². The lowest BCUT2D eigenvalue weighted by atomic mass is 9.42. The maximum Gasteiger partial charge on any atom is 0.417 e. The van der Waals surface area contributed by atoms with Crippen LogP contribution in [-0.4, -0.2) is 113 Å². The summed E-state index contributed by atoms with van der Waals surface area (Å²) in [6, 6.07) is 3.35. The van der Waals surface area contributed by atoms with Gasteiger partial charge in [0.1, 0.15) is 30.6 Å². The summed E-state index contributed by atoms with van der Waals surface area (Å²) in [6.07, 6.45) is 6.15. The first-order chi connectivity index (χ1) is 24.3. The van der Waals surface area contributed by atoms with Crippen LogP contribution in [0, 0.1) is 35.0 Å². The largest absolute Gasteiger partial charge is 0.457 e. The fourth-order valence-corrected chi connectivity index (χ4v) is 9.54. The number of carbonyl (C=O) groups is 4. The molecule has 2 saturated carbocycles. The summed E-state index contributed by atoms with van der Waals surface area (Å²) in [4.78, 5) is 56.9. The highest BCUT2D eigenvalue weighted by atomic mass is 16.6. The van der Waals surface area contributed by atoms with E-state index in [0.29, 0.717) is 30.7 Å². The van der Waals surface area contributed by atoms with Gasteiger partial charge in [-0.15, -0.1) is 0 Å². The number of aromatic nitrogens is 1. The summed E-state index contributed by atoms with van der Waals surface area (Å²) >= 11 is 0. The van der Waals surface area contributed by atoms with Crippen LogP contribution in [0.1, 0.15) is 70.3 Å². The monoisotopic (exact) mass is 712 g/mol. The van der Waals surface area contributed by atoms with E-state index in [4.69, 9.17) is 23.7 Å². The van der Waals surface area contributed by atoms with E-state index < -0.39 is 89.1 Å². The van der Waals surface area contributed by atoms with Gasteiger partial charge in [0.2, 0.25) is 0 Å². The molecule has 2 bridgehead atoms. The Bertz CT molecular complexity index is 1520. The van der Waals surface area contributed by atoms with Gasteiger partial charge >= 0.3 is 23.9 Å². The van der Waals surface area contributed by atoms with E-state index in [1.807, 2.05) is 26.0 Å². The van der Waals surface area contributed by atoms with Gasteiger partial charge in [-0.25, -0.2) is 19.2 Å². The molecule has 1 saturated heterocycles. The number of aliphatic hydroxyl groups excluding tert-OH is 1. The zero-order valence-electron chi connectivity index (χ0n) is 30.1. The Morgan fingerprint density at radius 1 is 1.16 bits per heavy atom. The van der Waals surface area contributed by atoms with Crippen LogP contribution in [-0.2, 0) is 38.1 Å². The van der Waals surface area contributed by atoms with Crippen LogP contribution >= 0.6 is 0 Å². The molecular weight excluding hydrogens is 660 g/mol. The lowest BCUT2D eigenvalue weighted by Crippen LogP contribution is -2.66. The average molecular weight is 713 g/mol. The van der Waals surface area contributed by atoms with Crippen molar-refractivity contribution in [1.82, 2.24) is 9.88 Å². The summed E-state index contributed by atoms with van der Waals surface area (Å²) < 4.78 is 28.2. The molecule has 3 aliphatic carbocycles. The van der Waals surface area contributed by atoms with Crippen LogP contribution < -0.4 is 0 Å². The van der Waals surface area contributed by atoms with Crippen molar-refractivity contribution in [3.63, 3.8) is 0 Å². The van der Waals surface area contributed by atoms with Gasteiger partial charge in [0.15, 0.2) is 6.10 Å². The van der Waals surface area contributed by atoms with E-state index in [1.165, 1.54) is 7.11 Å². The highest BCUT2D eigenvalue weighted by Gasteiger charge is 2.69. The van der Waals surface area contributed by atoms with Crippen molar-refractivity contribution in [2.24, 2.45) is 35.0 Å². The molecular formula is C38H52N2O11. The molecule has 6 rings (SSSR count). The topological polar surface area (TPSA) is 174 Å². The maximum atomic E-state index is 13.6. The number of likely N-dealkylation sites (tertiary alicyclic amines) is 1. The molecule has 12 atom stereocenters. The van der Waals surface area contributed by atoms with Gasteiger partial charge in [0.05, 0.1) is 11.7 Å². The minimum Gasteiger partial charge on any atom is -0.457 e. The molecule has 13 heteroatoms. The van der Waals surface area contributed by atoms with Crippen LogP contribution in [0.5, 0.6) is 0 Å². The van der Waals surface area contributed by atoms with Crippen molar-refractivity contribution in [2.75, 3.05) is 33.4 Å². The van der Waals surface area contributed by atoms with Gasteiger partial charge in [0.25, 0.3) is 0 Å². The van der Waals surface area contributed by atoms with Crippen LogP contribution in [0.4, 0.5) is 0 Å². The van der Waals surface area contributed by atoms with Crippen LogP contribution in [0.25, 0.3) is 0 Å². The third kappa shape index (κ3) is 7.02. The standard InChI is InChI=1S/C38H52N2O11/c1-21-17-22(2)38(46)25(10-11-37-19-26(32(37)38)30(41)23(3)29(20-37)50-33(42)27-9-8-12-39-27)18-28(47-5)34(43)51-31(21)24(4)49-36(45)35(44)48-16-15-40-13-6-7-14-40/h8-12,17,21,23-26,28-32,39,41,46H,6-7,13-16,18-20H2,1-5H3/b22-17+/t21-,23+,24-,25-,26?,28+,29+,30-,31+,32?,37?,38+/m1/s1. The Morgan fingerprint density at radius 2 is 1.90 bits per heavy atom. The lowest BCUT2D eigenvalue weighted by molar-refractivity contribution is -0.196. The number of esters is 4. The molecule has 5 aliphatic rings. The second kappa shape index (κ2) is 14.8. The summed E-state index contributed by atoms with van der Waals surface area (Å²) in [5, 5.41) is 24.8. The number of allylic oxidation sites excluding steroid dienone is 1. The predicted molar refractivity (Wildman–Crippen MR) is 182 cm³/mol. The highest BCUT2D eigenvalue weighted by Crippen LogP contribution is 2.68. The summed E-state index contributed by atoms with van der Waals surface area (Å²) in [5.41, 5.74) is -1.15. The first kappa shape index (κ1) is 37.2. The van der Waals surface area contributed by atoms with Gasteiger partial charge < -0.3 is 38.9 Å². The Balaban J connectivity index is 1.24. The summed E-state index contributed by atoms with van der Waals surface area (Å²) in [6.45, 7) is 9.49. The molecule has 1 aromatic rings. The average Bonchev–Trinajstić information content (AvgIpc) is 3.80. The number of rotatable bonds is 8. The Kier molecular flexibility index (Phi) is 10.8. The Morgan fingerprint density at radius 3 is 2.59 bits per heavy atom. The fourth-order valence-electron chi connectivity index (χ4n) is 9.54. The van der Waals surface area contributed by atoms with E-state index in [1.54, 1.807) is 32.2 Å². The van der Waals surface area contributed by atoms with Gasteiger partial charge in [-0.1, -0.05) is 32.1 Å². The zero-order valence-corrected chi connectivity index (χ0v) is 30.1. The number of aliphatic hydroxyl groups is 2. The van der Waals surface area contributed by atoms with Crippen LogP contribution in [0.2, 0.25) is 0 Å². The smallest absolute Gasteiger partial charge is 0.417 e. The molecule has 280 valence electrons. The first-order valence-corrected chi connectivity index (χ1v) is 18.3. The number of aromatic amines is 1. The molecule has 13 nitrogen and oxygen atoms in total. The molecule has 2 aliphatic heterocycles. The molecule has 3 N–H and O–H groups in total. The van der Waals surface area contributed by atoms with Crippen molar-refractivity contribution >= 4 is 23.9 Å². The van der Waals surface area contributed by atoms with E-state index >= 15 is 0 Å². The molecule has 51 heavy (non-hydrogen) atoms. The SMILES string of the molecule is CO[C@H]1C[C@H]2C=CC34CC(C3[C@]2(O)/C(C)=C/[C@@H](C)[C@@H]([C@@H](C)OC(=O)C(=O)OCCN2CCCC2)OC1=O)[C@H](O)[C@@H](C)[C@@H](OC(=O)c1ccc[nH]1)C4. The number of hydrogen-bond acceptors (Lipinski definition) is 12. The van der Waals surface area contributed by atoms with Crippen molar-refractivity contribution in [3.8, 4) is 0 Å². The second-order valence-corrected chi connectivity index (χ2v) is 15.3. The molecule has 3 heterocycles. The van der Waals surface area contributed by atoms with Gasteiger partial charge in [-0.2, -0.15) is 0 Å². The molecule has 3 fully saturated rings. The number of H-pyrrole nitrogens is 1. The molecule has 0 aromatic carbocycles. The number of methoxy groups -OCH3 is 1. The van der Waals surface area contributed by atoms with Gasteiger partial charge in [-0.3, -0.25) is 4.90 Å². The number of ether oxygens (including phenoxy) is 5. The molecule has 0 radical (unpaired) electrons. The molecule has 0 amide bonds. The normalized spacial score (nSPS) is 39.5. The van der Waals surface area contributed by atoms with E-state index in [0.717, 1.165) is 25.9 Å². The highest BCUT2D eigenvalue weighted by molar-refractivity contribution is 6.29. The number of carbonyl (C=O) groups excluding carboxylic acids is 4. The summed E-state index contributed by atoms with van der Waals surface area (Å²) in [7, 11) is 1.39. The number of nitrogens with zero attached hydrogens (tertiary/aromatic N) is 1. The minimum absolute atomic E-state index is 0.0653. The van der Waals surface area contributed by atoms with E-state index in [9.17, 15) is 29.4 Å². The van der Waals surface area contributed by atoms with Crippen LogP contribution in [0.15, 0.2) is 42.1 Å². The third-order valence-electron chi connectivity index (χ3n) is 12.3. The van der Waals surface area contributed by atoms with Crippen molar-refractivity contribution in [1.29, 1.82) is 0 Å². The van der Waals surface area contributed by atoms with Crippen molar-refractivity contribution < 1.29 is 53.1 Å². The van der Waals surface area contributed by atoms with E-state index in [2.05, 4.69) is 16.0 Å². The maximum absolute atomic E-state index is 13.6. The zero-order chi connectivity index (χ0) is 36.7. The molecule has 1 spiro atoms. The Labute approximate surface area is 298 Å². The number of nitrogens with one attached hydrogen (secondary N) is 1. The molecule has 3 unspecified atom stereocenters. The third-order valence-corrected chi connectivity index (χ3v) is 12.3. The predicted octanol–water partition coefficient (Wildman–Crippen LogP) is 2.96. The first-order valence-electron chi connectivity index (χ1n) is 18.3. The molecule has 1 aromatic heterocycles. The quantitative estimate of drug-likeness (QED) is 0.156. The number of fused-ring (bicyclic) bond motifs is 4. The van der Waals surface area contributed by atoms with E-state index in [-0.39, 0.29) is 18.9 Å². The number of hydrogen-bond donors (Lipinski definition) is 3. The van der Waals surface area contributed by atoms with Gasteiger partial charge in [0, 0.05) is 43.5 Å². The Hall–Kier alpha value is -3.52. The lowest BCUT2D eigenvalue weighted by Gasteiger charge is -2.64.